The monoisotopic (exact) mass is 396 g/mol. The molecule has 2 rings (SSSR count). The van der Waals surface area contributed by atoms with E-state index in [0.717, 1.165) is 38.5 Å². The minimum Gasteiger partial charge on any atom is -0.378 e. The molecule has 1 aromatic carbocycles. The Hall–Kier alpha value is -1.29. The molecule has 4 heteroatoms. The summed E-state index contributed by atoms with van der Waals surface area (Å²) >= 11 is 0. The van der Waals surface area contributed by atoms with Crippen molar-refractivity contribution in [3.63, 3.8) is 0 Å². The molecule has 0 aromatic heterocycles. The van der Waals surface area contributed by atoms with Crippen molar-refractivity contribution in [1.29, 1.82) is 0 Å². The van der Waals surface area contributed by atoms with Gasteiger partial charge in [0, 0.05) is 11.5 Å². The van der Waals surface area contributed by atoms with Gasteiger partial charge >= 0.3 is 0 Å². The van der Waals surface area contributed by atoms with Gasteiger partial charge in [0.1, 0.15) is 5.82 Å². The van der Waals surface area contributed by atoms with Crippen molar-refractivity contribution in [2.45, 2.75) is 90.6 Å². The lowest BCUT2D eigenvalue weighted by Crippen LogP contribution is -2.24. The van der Waals surface area contributed by atoms with Crippen LogP contribution in [0.2, 0.25) is 0 Å². The Kier molecular flexibility index (Phi) is 10.1. The third kappa shape index (κ3) is 6.95. The van der Waals surface area contributed by atoms with Crippen molar-refractivity contribution in [3.8, 4) is 0 Å². The van der Waals surface area contributed by atoms with Crippen LogP contribution in [0.25, 0.3) is 6.08 Å². The molecule has 0 spiro atoms. The Morgan fingerprint density at radius 3 is 2.46 bits per heavy atom. The van der Waals surface area contributed by atoms with Gasteiger partial charge in [-0.2, -0.15) is 0 Å². The number of aryl methyl sites for hydroxylation is 1. The molecular weight excluding hydrogens is 361 g/mol. The molecule has 0 N–H and O–H groups in total. The number of ether oxygens (including phenoxy) is 1. The summed E-state index contributed by atoms with van der Waals surface area (Å²) < 4.78 is 47.6. The van der Waals surface area contributed by atoms with Crippen LogP contribution in [0.3, 0.4) is 0 Å². The largest absolute Gasteiger partial charge is 0.378 e. The molecule has 0 saturated carbocycles. The first-order valence-corrected chi connectivity index (χ1v) is 11.0. The molecule has 0 radical (unpaired) electrons. The molecule has 0 aliphatic carbocycles. The molecule has 158 valence electrons. The third-order valence-electron chi connectivity index (χ3n) is 5.65. The highest BCUT2D eigenvalue weighted by Gasteiger charge is 2.22. The van der Waals surface area contributed by atoms with Crippen molar-refractivity contribution in [1.82, 2.24) is 0 Å². The summed E-state index contributed by atoms with van der Waals surface area (Å²) in [5.41, 5.74) is 0.266. The summed E-state index contributed by atoms with van der Waals surface area (Å²) in [6.45, 7) is 4.88. The maximum atomic E-state index is 14.7. The molecule has 2 atom stereocenters. The predicted octanol–water partition coefficient (Wildman–Crippen LogP) is 7.88. The van der Waals surface area contributed by atoms with Crippen LogP contribution < -0.4 is 0 Å². The number of unbranched alkanes of at least 4 members (excludes halogenated alkanes) is 4. The van der Waals surface area contributed by atoms with Crippen LogP contribution in [0.5, 0.6) is 0 Å². The normalized spacial score (nSPS) is 20.4. The van der Waals surface area contributed by atoms with Crippen molar-refractivity contribution in [3.05, 3.63) is 40.7 Å². The van der Waals surface area contributed by atoms with Crippen molar-refractivity contribution in [2.24, 2.45) is 5.92 Å². The van der Waals surface area contributed by atoms with Gasteiger partial charge in [0.15, 0.2) is 0 Å². The first-order chi connectivity index (χ1) is 13.6. The Morgan fingerprint density at radius 2 is 1.82 bits per heavy atom. The standard InChI is InChI=1S/C24H35F3O/c1-3-5-7-9-19-14-15-20(23(25)22(19)24(26)27)13-11-18-12-16-21(28-17-18)10-8-6-4-2/h11,13-15,18,21,24H,3-10,12,16-17H2,1-2H3. The van der Waals surface area contributed by atoms with Gasteiger partial charge in [-0.3, -0.25) is 0 Å². The van der Waals surface area contributed by atoms with Gasteiger partial charge in [-0.15, -0.1) is 0 Å². The Balaban J connectivity index is 1.97. The van der Waals surface area contributed by atoms with Gasteiger partial charge in [0.05, 0.1) is 18.3 Å². The van der Waals surface area contributed by atoms with E-state index in [4.69, 9.17) is 4.74 Å². The summed E-state index contributed by atoms with van der Waals surface area (Å²) in [5.74, 6) is -0.546. The fourth-order valence-corrected chi connectivity index (χ4v) is 3.87. The first-order valence-electron chi connectivity index (χ1n) is 11.0. The van der Waals surface area contributed by atoms with Crippen LogP contribution in [0.1, 0.15) is 94.8 Å². The number of rotatable bonds is 11. The number of hydrogen-bond acceptors (Lipinski definition) is 1. The Labute approximate surface area is 168 Å². The summed E-state index contributed by atoms with van der Waals surface area (Å²) in [6.07, 6.45) is 11.2. The van der Waals surface area contributed by atoms with Crippen molar-refractivity contribution >= 4 is 6.08 Å². The molecule has 28 heavy (non-hydrogen) atoms. The average molecular weight is 397 g/mol. The van der Waals surface area contributed by atoms with E-state index in [1.54, 1.807) is 18.2 Å². The zero-order valence-corrected chi connectivity index (χ0v) is 17.4. The first kappa shape index (κ1) is 23.0. The molecule has 1 saturated heterocycles. The quantitative estimate of drug-likeness (QED) is 0.346. The van der Waals surface area contributed by atoms with Crippen LogP contribution in [0.4, 0.5) is 13.2 Å². The molecule has 1 aromatic rings. The zero-order valence-electron chi connectivity index (χ0n) is 17.4. The van der Waals surface area contributed by atoms with Gasteiger partial charge in [-0.1, -0.05) is 70.2 Å². The fraction of sp³-hybridized carbons (Fsp3) is 0.667. The highest BCUT2D eigenvalue weighted by Crippen LogP contribution is 2.31. The Morgan fingerprint density at radius 1 is 1.07 bits per heavy atom. The summed E-state index contributed by atoms with van der Waals surface area (Å²) in [6, 6.07) is 3.30. The van der Waals surface area contributed by atoms with E-state index in [2.05, 4.69) is 13.8 Å². The van der Waals surface area contributed by atoms with Crippen LogP contribution in [0.15, 0.2) is 18.2 Å². The smallest absolute Gasteiger partial charge is 0.266 e. The van der Waals surface area contributed by atoms with Crippen LogP contribution in [0, 0.1) is 11.7 Å². The molecule has 0 bridgehead atoms. The lowest BCUT2D eigenvalue weighted by molar-refractivity contribution is -0.00915. The van der Waals surface area contributed by atoms with E-state index in [0.29, 0.717) is 24.7 Å². The molecule has 1 aliphatic rings. The number of hydrogen-bond donors (Lipinski definition) is 0. The molecule has 2 unspecified atom stereocenters. The summed E-state index contributed by atoms with van der Waals surface area (Å²) in [5, 5.41) is 0. The molecule has 1 heterocycles. The van der Waals surface area contributed by atoms with E-state index in [1.807, 2.05) is 6.08 Å². The van der Waals surface area contributed by atoms with Gasteiger partial charge in [-0.25, -0.2) is 13.2 Å². The fourth-order valence-electron chi connectivity index (χ4n) is 3.87. The SMILES string of the molecule is CCCCCc1ccc(C=CC2CCC(CCCCC)OC2)c(F)c1C(F)F. The van der Waals surface area contributed by atoms with E-state index in [-0.39, 0.29) is 11.5 Å². The van der Waals surface area contributed by atoms with Gasteiger partial charge < -0.3 is 4.74 Å². The van der Waals surface area contributed by atoms with Gasteiger partial charge in [0.25, 0.3) is 6.43 Å². The van der Waals surface area contributed by atoms with Crippen molar-refractivity contribution < 1.29 is 17.9 Å². The lowest BCUT2D eigenvalue weighted by Gasteiger charge is -2.27. The summed E-state index contributed by atoms with van der Waals surface area (Å²) in [4.78, 5) is 0. The summed E-state index contributed by atoms with van der Waals surface area (Å²) in [7, 11) is 0. The van der Waals surface area contributed by atoms with Crippen LogP contribution in [-0.4, -0.2) is 12.7 Å². The van der Waals surface area contributed by atoms with Crippen LogP contribution in [-0.2, 0) is 11.2 Å². The predicted molar refractivity (Wildman–Crippen MR) is 110 cm³/mol. The molecular formula is C24H35F3O. The Bertz CT molecular complexity index is 604. The zero-order chi connectivity index (χ0) is 20.4. The average Bonchev–Trinajstić information content (AvgIpc) is 2.68. The topological polar surface area (TPSA) is 9.23 Å². The minimum atomic E-state index is -2.79. The molecule has 0 amide bonds. The second-order valence-corrected chi connectivity index (χ2v) is 7.95. The van der Waals surface area contributed by atoms with E-state index >= 15 is 0 Å². The van der Waals surface area contributed by atoms with E-state index in [1.165, 1.54) is 19.3 Å². The number of benzene rings is 1. The van der Waals surface area contributed by atoms with Crippen molar-refractivity contribution in [2.75, 3.05) is 6.61 Å². The maximum Gasteiger partial charge on any atom is 0.266 e. The molecule has 1 fully saturated rings. The lowest BCUT2D eigenvalue weighted by atomic mass is 9.94. The number of alkyl halides is 2. The third-order valence-corrected chi connectivity index (χ3v) is 5.65. The van der Waals surface area contributed by atoms with E-state index in [9.17, 15) is 13.2 Å². The highest BCUT2D eigenvalue weighted by molar-refractivity contribution is 5.53. The van der Waals surface area contributed by atoms with E-state index < -0.39 is 17.8 Å². The van der Waals surface area contributed by atoms with Gasteiger partial charge in [0.2, 0.25) is 0 Å². The second kappa shape index (κ2) is 12.3. The molecule has 1 nitrogen and oxygen atoms in total. The van der Waals surface area contributed by atoms with Crippen LogP contribution >= 0.6 is 0 Å². The second-order valence-electron chi connectivity index (χ2n) is 7.95. The maximum absolute atomic E-state index is 14.7. The highest BCUT2D eigenvalue weighted by atomic mass is 19.3. The molecule has 1 aliphatic heterocycles. The van der Waals surface area contributed by atoms with Gasteiger partial charge in [-0.05, 0) is 37.7 Å². The minimum absolute atomic E-state index is 0.223. The number of halogens is 3.